The van der Waals surface area contributed by atoms with E-state index in [9.17, 15) is 4.79 Å². The lowest BCUT2D eigenvalue weighted by molar-refractivity contribution is 0.102. The molecule has 0 unspecified atom stereocenters. The van der Waals surface area contributed by atoms with E-state index >= 15 is 0 Å². The minimum Gasteiger partial charge on any atom is -0.480 e. The van der Waals surface area contributed by atoms with Crippen LogP contribution in [-0.2, 0) is 12.8 Å². The summed E-state index contributed by atoms with van der Waals surface area (Å²) in [7, 11) is 0. The Morgan fingerprint density at radius 3 is 2.62 bits per heavy atom. The van der Waals surface area contributed by atoms with Crippen LogP contribution in [0.5, 0.6) is 5.75 Å². The highest BCUT2D eigenvalue weighted by Gasteiger charge is 2.24. The number of benzene rings is 2. The number of amides is 1. The molecular formula is C27H26N2O2S. The first kappa shape index (κ1) is 21.9. The average molecular weight is 443 g/mol. The molecule has 4 nitrogen and oxygen atoms in total. The van der Waals surface area contributed by atoms with E-state index in [1.807, 2.05) is 54.6 Å². The number of hydrogen-bond acceptors (Lipinski definition) is 4. The third kappa shape index (κ3) is 5.27. The van der Waals surface area contributed by atoms with Gasteiger partial charge in [-0.3, -0.25) is 4.79 Å². The van der Waals surface area contributed by atoms with Crippen LogP contribution in [0.15, 0.2) is 59.6 Å². The summed E-state index contributed by atoms with van der Waals surface area (Å²) < 4.78 is 5.64. The molecule has 0 fully saturated rings. The zero-order valence-corrected chi connectivity index (χ0v) is 18.8. The van der Waals surface area contributed by atoms with Crippen LogP contribution in [0.2, 0.25) is 0 Å². The lowest BCUT2D eigenvalue weighted by atomic mass is 9.96. The summed E-state index contributed by atoms with van der Waals surface area (Å²) in [6.45, 7) is 0.197. The van der Waals surface area contributed by atoms with Gasteiger partial charge in [-0.25, -0.2) is 4.99 Å². The molecule has 0 aliphatic heterocycles. The first-order valence-corrected chi connectivity index (χ1v) is 11.8. The number of thiophene rings is 1. The average Bonchev–Trinajstić information content (AvgIpc) is 3.13. The molecule has 1 aliphatic carbocycles. The second kappa shape index (κ2) is 10.8. The van der Waals surface area contributed by atoms with Crippen molar-refractivity contribution in [2.45, 2.75) is 38.5 Å². The quantitative estimate of drug-likeness (QED) is 0.354. The van der Waals surface area contributed by atoms with Crippen molar-refractivity contribution in [3.05, 3.63) is 76.2 Å². The number of anilines is 1. The van der Waals surface area contributed by atoms with Crippen LogP contribution in [0, 0.1) is 12.3 Å². The number of fused-ring (bicyclic) bond motifs is 1. The van der Waals surface area contributed by atoms with E-state index < -0.39 is 0 Å². The second-order valence-electron chi connectivity index (χ2n) is 7.71. The molecule has 1 heterocycles. The molecule has 1 N–H and O–H groups in total. The van der Waals surface area contributed by atoms with Crippen LogP contribution in [-0.4, -0.2) is 18.7 Å². The Labute approximate surface area is 193 Å². The molecule has 1 aliphatic rings. The second-order valence-corrected chi connectivity index (χ2v) is 8.79. The van der Waals surface area contributed by atoms with Gasteiger partial charge in [-0.1, -0.05) is 49.1 Å². The number of nitrogens with one attached hydrogen (secondary N) is 1. The normalized spacial score (nSPS) is 13.6. The van der Waals surface area contributed by atoms with E-state index in [2.05, 4.69) is 11.2 Å². The first-order chi connectivity index (χ1) is 15.8. The molecule has 0 saturated heterocycles. The number of carbonyl (C=O) groups excluding carboxylic acids is 1. The minimum atomic E-state index is -0.0988. The Hall–Kier alpha value is -3.36. The highest BCUT2D eigenvalue weighted by molar-refractivity contribution is 7.16. The summed E-state index contributed by atoms with van der Waals surface area (Å²) in [6, 6.07) is 17.2. The lowest BCUT2D eigenvalue weighted by Crippen LogP contribution is -2.14. The zero-order chi connectivity index (χ0) is 22.2. The summed E-state index contributed by atoms with van der Waals surface area (Å²) in [5.41, 5.74) is 3.48. The van der Waals surface area contributed by atoms with Crippen molar-refractivity contribution in [3.8, 4) is 18.1 Å². The fourth-order valence-electron chi connectivity index (χ4n) is 3.91. The number of ether oxygens (including phenoxy) is 1. The maximum absolute atomic E-state index is 13.4. The summed E-state index contributed by atoms with van der Waals surface area (Å²) in [5, 5.41) is 3.80. The van der Waals surface area contributed by atoms with Crippen LogP contribution in [0.3, 0.4) is 0 Å². The fourth-order valence-corrected chi connectivity index (χ4v) is 5.14. The van der Waals surface area contributed by atoms with E-state index in [0.29, 0.717) is 11.3 Å². The fraction of sp³-hybridized carbons (Fsp3) is 0.259. The van der Waals surface area contributed by atoms with E-state index in [-0.39, 0.29) is 12.5 Å². The predicted octanol–water partition coefficient (Wildman–Crippen LogP) is 6.42. The molecule has 1 amide bonds. The number of para-hydroxylation sites is 2. The van der Waals surface area contributed by atoms with Crippen molar-refractivity contribution < 1.29 is 9.53 Å². The summed E-state index contributed by atoms with van der Waals surface area (Å²) in [6.07, 6.45) is 13.7. The first-order valence-electron chi connectivity index (χ1n) is 11.0. The predicted molar refractivity (Wildman–Crippen MR) is 133 cm³/mol. The maximum Gasteiger partial charge on any atom is 0.259 e. The topological polar surface area (TPSA) is 50.7 Å². The Balaban J connectivity index is 1.70. The number of rotatable bonds is 6. The van der Waals surface area contributed by atoms with Crippen molar-refractivity contribution in [1.82, 2.24) is 0 Å². The van der Waals surface area contributed by atoms with E-state index in [1.54, 1.807) is 17.6 Å². The van der Waals surface area contributed by atoms with Gasteiger partial charge in [0.2, 0.25) is 0 Å². The molecule has 2 aromatic carbocycles. The molecular weight excluding hydrogens is 416 g/mol. The van der Waals surface area contributed by atoms with Crippen molar-refractivity contribution in [3.63, 3.8) is 0 Å². The Kier molecular flexibility index (Phi) is 7.37. The van der Waals surface area contributed by atoms with Crippen LogP contribution < -0.4 is 10.1 Å². The Morgan fingerprint density at radius 1 is 1.06 bits per heavy atom. The molecule has 5 heteroatoms. The van der Waals surface area contributed by atoms with E-state index in [1.165, 1.54) is 17.7 Å². The van der Waals surface area contributed by atoms with E-state index in [0.717, 1.165) is 47.5 Å². The maximum atomic E-state index is 13.4. The van der Waals surface area contributed by atoms with Gasteiger partial charge >= 0.3 is 0 Å². The lowest BCUT2D eigenvalue weighted by Gasteiger charge is -2.12. The molecule has 162 valence electrons. The number of carbonyl (C=O) groups is 1. The Morgan fingerprint density at radius 2 is 1.81 bits per heavy atom. The van der Waals surface area contributed by atoms with Crippen molar-refractivity contribution in [1.29, 1.82) is 0 Å². The molecule has 0 saturated carbocycles. The largest absolute Gasteiger partial charge is 0.480 e. The van der Waals surface area contributed by atoms with Gasteiger partial charge < -0.3 is 10.1 Å². The van der Waals surface area contributed by atoms with Crippen LogP contribution in [0.4, 0.5) is 10.7 Å². The van der Waals surface area contributed by atoms with Crippen LogP contribution in [0.1, 0.15) is 52.0 Å². The molecule has 0 spiro atoms. The van der Waals surface area contributed by atoms with Crippen molar-refractivity contribution >= 4 is 34.1 Å². The van der Waals surface area contributed by atoms with Gasteiger partial charge in [-0.05, 0) is 55.5 Å². The molecule has 3 aromatic rings. The smallest absolute Gasteiger partial charge is 0.259 e. The van der Waals surface area contributed by atoms with Crippen LogP contribution in [0.25, 0.3) is 0 Å². The van der Waals surface area contributed by atoms with Crippen molar-refractivity contribution in [2.75, 3.05) is 11.9 Å². The SMILES string of the molecule is C#CCOc1ccccc1C=Nc1sc2c(c1C(=O)Nc1ccccc1)CCCCCC2. The number of nitrogens with zero attached hydrogens (tertiary/aromatic N) is 1. The minimum absolute atomic E-state index is 0.0988. The van der Waals surface area contributed by atoms with Gasteiger partial charge in [0, 0.05) is 22.3 Å². The number of hydrogen-bond donors (Lipinski definition) is 1. The molecule has 0 radical (unpaired) electrons. The molecule has 32 heavy (non-hydrogen) atoms. The standard InChI is InChI=1S/C27H26N2O2S/c1-2-18-31-23-16-11-10-12-20(23)19-28-27-25(26(30)29-21-13-6-5-7-14-21)22-15-8-3-4-9-17-24(22)32-27/h1,5-7,10-14,16,19H,3-4,8-9,15,17-18H2,(H,29,30). The van der Waals surface area contributed by atoms with Gasteiger partial charge in [0.25, 0.3) is 5.91 Å². The number of terminal acetylenes is 1. The molecule has 0 atom stereocenters. The molecule has 0 bridgehead atoms. The molecule has 1 aromatic heterocycles. The summed E-state index contributed by atoms with van der Waals surface area (Å²) in [4.78, 5) is 19.4. The summed E-state index contributed by atoms with van der Waals surface area (Å²) >= 11 is 1.63. The van der Waals surface area contributed by atoms with Gasteiger partial charge in [-0.2, -0.15) is 0 Å². The van der Waals surface area contributed by atoms with Gasteiger partial charge in [0.1, 0.15) is 17.4 Å². The third-order valence-electron chi connectivity index (χ3n) is 5.46. The van der Waals surface area contributed by atoms with Gasteiger partial charge in [0.05, 0.1) is 5.56 Å². The highest BCUT2D eigenvalue weighted by atomic mass is 32.1. The number of aliphatic imine (C=N–C) groups is 1. The third-order valence-corrected chi connectivity index (χ3v) is 6.66. The van der Waals surface area contributed by atoms with Gasteiger partial charge in [0.15, 0.2) is 0 Å². The Bertz CT molecular complexity index is 1140. The monoisotopic (exact) mass is 442 g/mol. The highest BCUT2D eigenvalue weighted by Crippen LogP contribution is 2.39. The molecule has 4 rings (SSSR count). The van der Waals surface area contributed by atoms with Crippen molar-refractivity contribution in [2.24, 2.45) is 4.99 Å². The number of aryl methyl sites for hydroxylation is 1. The van der Waals surface area contributed by atoms with Crippen LogP contribution >= 0.6 is 11.3 Å². The zero-order valence-electron chi connectivity index (χ0n) is 18.0. The van der Waals surface area contributed by atoms with E-state index in [4.69, 9.17) is 16.2 Å². The van der Waals surface area contributed by atoms with Gasteiger partial charge in [-0.15, -0.1) is 17.8 Å². The summed E-state index contributed by atoms with van der Waals surface area (Å²) in [5.74, 6) is 3.07.